The third-order valence-corrected chi connectivity index (χ3v) is 10.7. The Kier molecular flexibility index (Phi) is 4.10. The first kappa shape index (κ1) is 21.8. The van der Waals surface area contributed by atoms with E-state index in [4.69, 9.17) is 0 Å². The van der Waals surface area contributed by atoms with Crippen molar-refractivity contribution in [2.45, 2.75) is 31.1 Å². The molecule has 0 radical (unpaired) electrons. The number of carbonyl (C=O) groups excluding carboxylic acids is 4. The van der Waals surface area contributed by atoms with Crippen molar-refractivity contribution in [1.82, 2.24) is 0 Å². The molecule has 5 aliphatic carbocycles. The minimum atomic E-state index is -0.441. The van der Waals surface area contributed by atoms with E-state index in [1.54, 1.807) is 24.3 Å². The van der Waals surface area contributed by atoms with E-state index >= 15 is 0 Å². The Morgan fingerprint density at radius 2 is 0.795 bits per heavy atom. The minimum Gasteiger partial charge on any atom is -0.274 e. The van der Waals surface area contributed by atoms with Gasteiger partial charge in [0.25, 0.3) is 0 Å². The van der Waals surface area contributed by atoms with Gasteiger partial charge in [-0.05, 0) is 77.6 Å². The molecule has 10 rings (SSSR count). The lowest BCUT2D eigenvalue weighted by molar-refractivity contribution is -0.124. The van der Waals surface area contributed by atoms with Crippen molar-refractivity contribution in [3.63, 3.8) is 0 Å². The van der Waals surface area contributed by atoms with Crippen LogP contribution in [0.5, 0.6) is 0 Å². The van der Waals surface area contributed by atoms with Crippen LogP contribution in [0.25, 0.3) is 0 Å². The maximum atomic E-state index is 14.0. The summed E-state index contributed by atoms with van der Waals surface area (Å²) in [5, 5.41) is 0. The number of imide groups is 2. The summed E-state index contributed by atoms with van der Waals surface area (Å²) in [7, 11) is 0. The van der Waals surface area contributed by atoms with E-state index in [2.05, 4.69) is 24.3 Å². The lowest BCUT2D eigenvalue weighted by atomic mass is 9.55. The summed E-state index contributed by atoms with van der Waals surface area (Å²) in [4.78, 5) is 57.3. The predicted molar refractivity (Wildman–Crippen MR) is 143 cm³/mol. The first-order valence-corrected chi connectivity index (χ1v) is 14.1. The number of hydrogen-bond donors (Lipinski definition) is 0. The Balaban J connectivity index is 1.07. The Hall–Kier alpha value is -4.06. The van der Waals surface area contributed by atoms with E-state index in [0.29, 0.717) is 23.2 Å². The van der Waals surface area contributed by atoms with Crippen LogP contribution in [0.4, 0.5) is 11.4 Å². The molecule has 6 heteroatoms. The van der Waals surface area contributed by atoms with Gasteiger partial charge in [-0.3, -0.25) is 24.1 Å². The molecule has 6 unspecified atom stereocenters. The summed E-state index contributed by atoms with van der Waals surface area (Å²) < 4.78 is 0. The molecule has 0 N–H and O–H groups in total. The van der Waals surface area contributed by atoms with Gasteiger partial charge in [-0.15, -0.1) is 0 Å². The Morgan fingerprint density at radius 1 is 0.462 bits per heavy atom. The molecule has 7 aliphatic rings. The van der Waals surface area contributed by atoms with Gasteiger partial charge in [0, 0.05) is 11.8 Å². The zero-order valence-corrected chi connectivity index (χ0v) is 21.2. The lowest BCUT2D eigenvalue weighted by Gasteiger charge is -2.45. The number of hydrogen-bond acceptors (Lipinski definition) is 4. The maximum Gasteiger partial charge on any atom is 0.238 e. The number of carbonyl (C=O) groups is 4. The van der Waals surface area contributed by atoms with Crippen LogP contribution in [0.3, 0.4) is 0 Å². The fourth-order valence-electron chi connectivity index (χ4n) is 9.35. The van der Waals surface area contributed by atoms with Gasteiger partial charge in [0.05, 0.1) is 35.0 Å². The van der Waals surface area contributed by atoms with Crippen LogP contribution in [0.1, 0.15) is 53.4 Å². The van der Waals surface area contributed by atoms with Crippen molar-refractivity contribution in [2.24, 2.45) is 35.5 Å². The molecule has 192 valence electrons. The molecule has 2 saturated carbocycles. The normalized spacial score (nSPS) is 35.0. The largest absolute Gasteiger partial charge is 0.274 e. The molecular formula is C33H26N2O4. The fraction of sp³-hybridized carbons (Fsp3) is 0.333. The van der Waals surface area contributed by atoms with Gasteiger partial charge >= 0.3 is 0 Å². The molecule has 39 heavy (non-hydrogen) atoms. The highest BCUT2D eigenvalue weighted by molar-refractivity contribution is 6.24. The van der Waals surface area contributed by atoms with Crippen LogP contribution in [0.15, 0.2) is 72.8 Å². The lowest BCUT2D eigenvalue weighted by Crippen LogP contribution is -2.41. The predicted octanol–water partition coefficient (Wildman–Crippen LogP) is 4.62. The van der Waals surface area contributed by atoms with E-state index in [1.165, 1.54) is 9.80 Å². The molecule has 0 spiro atoms. The molecule has 6 atom stereocenters. The molecule has 4 amide bonds. The maximum absolute atomic E-state index is 14.0. The standard InChI is InChI=1S/C33H26N2O4/c36-30-24-16-9-10-17(15-16)25(24)31(37)34(30)18-11-13-19(14-12-18)35-32(38)28-26-20-5-1-2-6-21(20)27(29(28)33(35)39)23-8-4-3-7-22(23)26/h1-8,11-14,16-17,24-29H,9-10,15H2. The smallest absolute Gasteiger partial charge is 0.238 e. The van der Waals surface area contributed by atoms with E-state index in [-0.39, 0.29) is 47.3 Å². The minimum absolute atomic E-state index is 0.0867. The van der Waals surface area contributed by atoms with Crippen LogP contribution < -0.4 is 9.80 Å². The van der Waals surface area contributed by atoms with Gasteiger partial charge in [0.2, 0.25) is 23.6 Å². The van der Waals surface area contributed by atoms with E-state index < -0.39 is 11.8 Å². The van der Waals surface area contributed by atoms with Crippen LogP contribution in [0.2, 0.25) is 0 Å². The first-order chi connectivity index (χ1) is 19.0. The molecule has 2 saturated heterocycles. The second kappa shape index (κ2) is 7.32. The molecule has 6 nitrogen and oxygen atoms in total. The average molecular weight is 515 g/mol. The monoisotopic (exact) mass is 514 g/mol. The van der Waals surface area contributed by atoms with Crippen molar-refractivity contribution in [3.8, 4) is 0 Å². The van der Waals surface area contributed by atoms with Crippen LogP contribution >= 0.6 is 0 Å². The molecule has 3 aromatic carbocycles. The average Bonchev–Trinajstić information content (AvgIpc) is 3.71. The molecule has 4 bridgehead atoms. The number of benzene rings is 3. The molecule has 0 aromatic heterocycles. The van der Waals surface area contributed by atoms with Gasteiger partial charge < -0.3 is 0 Å². The molecule has 2 heterocycles. The summed E-state index contributed by atoms with van der Waals surface area (Å²) in [5.74, 6) is -1.41. The molecule has 3 aromatic rings. The van der Waals surface area contributed by atoms with E-state index in [0.717, 1.165) is 41.5 Å². The number of amides is 4. The van der Waals surface area contributed by atoms with Gasteiger partial charge in [0.1, 0.15) is 0 Å². The van der Waals surface area contributed by atoms with Crippen molar-refractivity contribution in [3.05, 3.63) is 95.1 Å². The zero-order chi connectivity index (χ0) is 26.2. The highest BCUT2D eigenvalue weighted by Gasteiger charge is 2.63. The third kappa shape index (κ3) is 2.53. The molecule has 2 aliphatic heterocycles. The van der Waals surface area contributed by atoms with Gasteiger partial charge in [-0.2, -0.15) is 0 Å². The Morgan fingerprint density at radius 3 is 1.15 bits per heavy atom. The van der Waals surface area contributed by atoms with Crippen molar-refractivity contribution < 1.29 is 19.2 Å². The van der Waals surface area contributed by atoms with E-state index in [9.17, 15) is 19.2 Å². The number of nitrogens with zero attached hydrogens (tertiary/aromatic N) is 2. The summed E-state index contributed by atoms with van der Waals surface area (Å²) >= 11 is 0. The number of fused-ring (bicyclic) bond motifs is 5. The highest BCUT2D eigenvalue weighted by atomic mass is 16.2. The quantitative estimate of drug-likeness (QED) is 0.468. The summed E-state index contributed by atoms with van der Waals surface area (Å²) in [5.41, 5.74) is 5.60. The molecular weight excluding hydrogens is 488 g/mol. The topological polar surface area (TPSA) is 74.8 Å². The van der Waals surface area contributed by atoms with Crippen LogP contribution in [0, 0.1) is 35.5 Å². The fourth-order valence-corrected chi connectivity index (χ4v) is 9.35. The van der Waals surface area contributed by atoms with Crippen molar-refractivity contribution >= 4 is 35.0 Å². The summed E-state index contributed by atoms with van der Waals surface area (Å²) in [6.45, 7) is 0. The van der Waals surface area contributed by atoms with Gasteiger partial charge in [-0.1, -0.05) is 48.5 Å². The first-order valence-electron chi connectivity index (χ1n) is 14.1. The van der Waals surface area contributed by atoms with Crippen molar-refractivity contribution in [1.29, 1.82) is 0 Å². The summed E-state index contributed by atoms with van der Waals surface area (Å²) in [6, 6.07) is 23.3. The number of anilines is 2. The van der Waals surface area contributed by atoms with Gasteiger partial charge in [-0.25, -0.2) is 4.90 Å². The van der Waals surface area contributed by atoms with Crippen molar-refractivity contribution in [2.75, 3.05) is 9.80 Å². The summed E-state index contributed by atoms with van der Waals surface area (Å²) in [6.07, 6.45) is 3.07. The second-order valence-corrected chi connectivity index (χ2v) is 12.2. The van der Waals surface area contributed by atoms with Crippen LogP contribution in [-0.2, 0) is 19.2 Å². The second-order valence-electron chi connectivity index (χ2n) is 12.2. The molecule has 4 fully saturated rings. The Bertz CT molecular complexity index is 1500. The highest BCUT2D eigenvalue weighted by Crippen LogP contribution is 2.61. The Labute approximate surface area is 225 Å². The SMILES string of the molecule is O=C1C2C3CCC(C3)C2C(=O)N1c1ccc(N2C(=O)C3C4c5ccccc5C(c5ccccc54)C3C2=O)cc1. The van der Waals surface area contributed by atoms with Gasteiger partial charge in [0.15, 0.2) is 0 Å². The number of rotatable bonds is 2. The van der Waals surface area contributed by atoms with E-state index in [1.807, 2.05) is 24.3 Å². The zero-order valence-electron chi connectivity index (χ0n) is 21.2. The third-order valence-electron chi connectivity index (χ3n) is 10.7. The van der Waals surface area contributed by atoms with Crippen LogP contribution in [-0.4, -0.2) is 23.6 Å².